The fraction of sp³-hybridized carbons (Fsp3) is 0.111. The van der Waals surface area contributed by atoms with E-state index in [0.717, 1.165) is 11.3 Å². The van der Waals surface area contributed by atoms with Crippen LogP contribution in [0.1, 0.15) is 40.8 Å². The number of hydrogen-bond acceptors (Lipinski definition) is 7. The molecule has 1 aromatic heterocycles. The standard InChI is InChI=1S/C36H25ClFN3O4S/c1-2-44-35(43)31-32(22-8-4-3-5-9-22)40-36-41(33(31)23-12-15-28(38)16-13-23)34(42)30(46-36)19-26-18-27(37)14-17-29(26)45-21-25-11-7-6-10-24(25)20-39/h3-19,33H,2,21H2,1H3/b30-19-/t33-/m0/s1. The number of rotatable bonds is 8. The molecule has 7 nitrogen and oxygen atoms in total. The first-order valence-electron chi connectivity index (χ1n) is 14.3. The summed E-state index contributed by atoms with van der Waals surface area (Å²) in [7, 11) is 0. The van der Waals surface area contributed by atoms with E-state index in [9.17, 15) is 19.2 Å². The van der Waals surface area contributed by atoms with Crippen LogP contribution in [0.3, 0.4) is 0 Å². The van der Waals surface area contributed by atoms with Gasteiger partial charge >= 0.3 is 5.97 Å². The van der Waals surface area contributed by atoms with E-state index in [1.54, 1.807) is 55.5 Å². The van der Waals surface area contributed by atoms with Gasteiger partial charge < -0.3 is 9.47 Å². The summed E-state index contributed by atoms with van der Waals surface area (Å²) in [4.78, 5) is 33.0. The van der Waals surface area contributed by atoms with Crippen molar-refractivity contribution in [2.45, 2.75) is 19.6 Å². The first-order valence-corrected chi connectivity index (χ1v) is 15.5. The molecule has 1 atom stereocenters. The Bertz CT molecular complexity index is 2200. The first-order chi connectivity index (χ1) is 22.4. The molecule has 0 aliphatic carbocycles. The average Bonchev–Trinajstić information content (AvgIpc) is 3.38. The molecule has 46 heavy (non-hydrogen) atoms. The summed E-state index contributed by atoms with van der Waals surface area (Å²) in [6.07, 6.45) is 1.67. The number of fused-ring (bicyclic) bond motifs is 1. The highest BCUT2D eigenvalue weighted by molar-refractivity contribution is 7.07. The third-order valence-corrected chi connectivity index (χ3v) is 8.56. The van der Waals surface area contributed by atoms with E-state index in [0.29, 0.717) is 53.6 Å². The Morgan fingerprint density at radius 1 is 1.07 bits per heavy atom. The van der Waals surface area contributed by atoms with Crippen molar-refractivity contribution < 1.29 is 18.7 Å². The SMILES string of the molecule is CCOC(=O)C1=C(c2ccccc2)N=c2s/c(=C\c3cc(Cl)ccc3OCc3ccccc3C#N)c(=O)n2[C@H]1c1ccc(F)cc1. The van der Waals surface area contributed by atoms with Crippen molar-refractivity contribution in [2.24, 2.45) is 4.99 Å². The largest absolute Gasteiger partial charge is 0.488 e. The van der Waals surface area contributed by atoms with Crippen LogP contribution in [0.25, 0.3) is 11.8 Å². The summed E-state index contributed by atoms with van der Waals surface area (Å²) in [5.74, 6) is -0.626. The van der Waals surface area contributed by atoms with Crippen LogP contribution in [0.5, 0.6) is 5.75 Å². The number of halogens is 2. The molecule has 0 unspecified atom stereocenters. The average molecular weight is 650 g/mol. The summed E-state index contributed by atoms with van der Waals surface area (Å²) in [6, 6.07) is 28.3. The van der Waals surface area contributed by atoms with Crippen LogP contribution in [0.15, 0.2) is 112 Å². The molecule has 0 radical (unpaired) electrons. The van der Waals surface area contributed by atoms with Gasteiger partial charge in [0.25, 0.3) is 5.56 Å². The third kappa shape index (κ3) is 6.13. The molecule has 4 aromatic carbocycles. The summed E-state index contributed by atoms with van der Waals surface area (Å²) >= 11 is 7.51. The van der Waals surface area contributed by atoms with Gasteiger partial charge in [-0.1, -0.05) is 83.6 Å². The lowest BCUT2D eigenvalue weighted by molar-refractivity contribution is -0.138. The van der Waals surface area contributed by atoms with Crippen molar-refractivity contribution in [1.82, 2.24) is 4.57 Å². The minimum atomic E-state index is -0.939. The number of nitriles is 1. The minimum absolute atomic E-state index is 0.112. The molecular formula is C36H25ClFN3O4S. The number of ether oxygens (including phenoxy) is 2. The fourth-order valence-electron chi connectivity index (χ4n) is 5.22. The number of carbonyl (C=O) groups is 1. The first kappa shape index (κ1) is 30.7. The Kier molecular flexibility index (Phi) is 8.92. The maximum Gasteiger partial charge on any atom is 0.338 e. The predicted octanol–water partition coefficient (Wildman–Crippen LogP) is 6.18. The van der Waals surface area contributed by atoms with E-state index < -0.39 is 23.4 Å². The normalized spacial score (nSPS) is 14.3. The van der Waals surface area contributed by atoms with E-state index in [-0.39, 0.29) is 18.8 Å². The van der Waals surface area contributed by atoms with E-state index in [4.69, 9.17) is 26.1 Å². The van der Waals surface area contributed by atoms with Crippen molar-refractivity contribution in [1.29, 1.82) is 5.26 Å². The van der Waals surface area contributed by atoms with Crippen LogP contribution in [-0.2, 0) is 16.1 Å². The van der Waals surface area contributed by atoms with Crippen molar-refractivity contribution in [3.63, 3.8) is 0 Å². The molecule has 228 valence electrons. The second kappa shape index (κ2) is 13.4. The maximum absolute atomic E-state index is 14.2. The van der Waals surface area contributed by atoms with Gasteiger partial charge in [-0.05, 0) is 55.0 Å². The molecule has 0 fully saturated rings. The Hall–Kier alpha value is -5.30. The monoisotopic (exact) mass is 649 g/mol. The molecule has 0 bridgehead atoms. The van der Waals surface area contributed by atoms with E-state index in [2.05, 4.69) is 6.07 Å². The van der Waals surface area contributed by atoms with Gasteiger partial charge in [0, 0.05) is 21.7 Å². The Morgan fingerprint density at radius 3 is 2.54 bits per heavy atom. The maximum atomic E-state index is 14.2. The zero-order chi connectivity index (χ0) is 32.2. The smallest absolute Gasteiger partial charge is 0.338 e. The van der Waals surface area contributed by atoms with Crippen LogP contribution >= 0.6 is 22.9 Å². The number of nitrogens with zero attached hydrogens (tertiary/aromatic N) is 3. The van der Waals surface area contributed by atoms with Crippen LogP contribution in [0.4, 0.5) is 4.39 Å². The zero-order valence-corrected chi connectivity index (χ0v) is 26.0. The number of benzene rings is 4. The highest BCUT2D eigenvalue weighted by Gasteiger charge is 2.35. The van der Waals surface area contributed by atoms with Gasteiger partial charge in [0.05, 0.1) is 40.1 Å². The summed E-state index contributed by atoms with van der Waals surface area (Å²) in [5, 5.41) is 9.91. The van der Waals surface area contributed by atoms with Crippen LogP contribution in [-0.4, -0.2) is 17.1 Å². The summed E-state index contributed by atoms with van der Waals surface area (Å²) in [6.45, 7) is 1.94. The lowest BCUT2D eigenvalue weighted by Crippen LogP contribution is -2.40. The van der Waals surface area contributed by atoms with Crippen molar-refractivity contribution in [3.05, 3.63) is 161 Å². The van der Waals surface area contributed by atoms with Gasteiger partial charge in [-0.3, -0.25) is 9.36 Å². The Labute approximate surface area is 272 Å². The topological polar surface area (TPSA) is 93.7 Å². The molecule has 0 amide bonds. The van der Waals surface area contributed by atoms with Gasteiger partial charge in [0.1, 0.15) is 18.2 Å². The molecule has 6 rings (SSSR count). The second-order valence-corrected chi connectivity index (χ2v) is 11.7. The molecule has 0 saturated carbocycles. The third-order valence-electron chi connectivity index (χ3n) is 7.34. The van der Waals surface area contributed by atoms with Crippen LogP contribution in [0, 0.1) is 17.1 Å². The molecular weight excluding hydrogens is 625 g/mol. The van der Waals surface area contributed by atoms with E-state index >= 15 is 0 Å². The Morgan fingerprint density at radius 2 is 1.80 bits per heavy atom. The second-order valence-electron chi connectivity index (χ2n) is 10.2. The number of aromatic nitrogens is 1. The molecule has 0 N–H and O–H groups in total. The highest BCUT2D eigenvalue weighted by Crippen LogP contribution is 2.35. The number of thiazole rings is 1. The summed E-state index contributed by atoms with van der Waals surface area (Å²) in [5.41, 5.74) is 3.06. The van der Waals surface area contributed by atoms with Gasteiger partial charge in [-0.25, -0.2) is 14.2 Å². The summed E-state index contributed by atoms with van der Waals surface area (Å²) < 4.78 is 27.4. The van der Waals surface area contributed by atoms with Gasteiger partial charge in [-0.15, -0.1) is 0 Å². The lowest BCUT2D eigenvalue weighted by Gasteiger charge is -2.25. The zero-order valence-electron chi connectivity index (χ0n) is 24.4. The molecule has 0 saturated heterocycles. The van der Waals surface area contributed by atoms with Crippen molar-refractivity contribution >= 4 is 40.7 Å². The minimum Gasteiger partial charge on any atom is -0.488 e. The van der Waals surface area contributed by atoms with Crippen molar-refractivity contribution in [2.75, 3.05) is 6.61 Å². The van der Waals surface area contributed by atoms with Crippen LogP contribution in [0.2, 0.25) is 5.02 Å². The Balaban J connectivity index is 1.53. The quantitative estimate of drug-likeness (QED) is 0.187. The lowest BCUT2D eigenvalue weighted by atomic mass is 9.93. The molecule has 5 aromatic rings. The molecule has 1 aliphatic heterocycles. The van der Waals surface area contributed by atoms with E-state index in [1.165, 1.54) is 16.7 Å². The molecule has 10 heteroatoms. The molecule has 2 heterocycles. The van der Waals surface area contributed by atoms with Gasteiger partial charge in [-0.2, -0.15) is 5.26 Å². The van der Waals surface area contributed by atoms with Gasteiger partial charge in [0.2, 0.25) is 0 Å². The number of esters is 1. The van der Waals surface area contributed by atoms with E-state index in [1.807, 2.05) is 42.5 Å². The molecule has 0 spiro atoms. The number of carbonyl (C=O) groups excluding carboxylic acids is 1. The molecule has 1 aliphatic rings. The van der Waals surface area contributed by atoms with Crippen molar-refractivity contribution in [3.8, 4) is 11.8 Å². The number of hydrogen-bond donors (Lipinski definition) is 0. The van der Waals surface area contributed by atoms with Crippen LogP contribution < -0.4 is 19.6 Å². The predicted molar refractivity (Wildman–Crippen MR) is 174 cm³/mol. The highest BCUT2D eigenvalue weighted by atomic mass is 35.5. The fourth-order valence-corrected chi connectivity index (χ4v) is 6.39. The van der Waals surface area contributed by atoms with Gasteiger partial charge in [0.15, 0.2) is 4.80 Å².